The molecule has 166 valence electrons. The lowest BCUT2D eigenvalue weighted by molar-refractivity contribution is 0.0694. The van der Waals surface area contributed by atoms with Gasteiger partial charge in [0.2, 0.25) is 5.43 Å². The molecule has 13 heteroatoms. The van der Waals surface area contributed by atoms with Gasteiger partial charge in [-0.1, -0.05) is 0 Å². The molecule has 4 rings (SSSR count). The molecule has 0 aliphatic carbocycles. The average Bonchev–Trinajstić information content (AvgIpc) is 2.65. The summed E-state index contributed by atoms with van der Waals surface area (Å²) >= 11 is 1.54. The predicted molar refractivity (Wildman–Crippen MR) is 116 cm³/mol. The van der Waals surface area contributed by atoms with Crippen LogP contribution in [0.1, 0.15) is 10.4 Å². The Morgan fingerprint density at radius 2 is 1.77 bits per heavy atom. The van der Waals surface area contributed by atoms with E-state index in [9.17, 15) is 19.1 Å². The molecule has 1 fully saturated rings. The minimum absolute atomic E-state index is 0. The Balaban J connectivity index is 0.000000591. The van der Waals surface area contributed by atoms with Crippen molar-refractivity contribution >= 4 is 55.3 Å². The lowest BCUT2D eigenvalue weighted by Crippen LogP contribution is -2.45. The van der Waals surface area contributed by atoms with E-state index in [4.69, 9.17) is 14.7 Å². The normalized spacial score (nSPS) is 16.1. The van der Waals surface area contributed by atoms with Gasteiger partial charge in [-0.05, 0) is 13.1 Å². The van der Waals surface area contributed by atoms with Gasteiger partial charge in [-0.15, -0.1) is 24.2 Å². The molecule has 1 aromatic heterocycles. The third-order valence-electron chi connectivity index (χ3n) is 4.87. The Morgan fingerprint density at radius 1 is 1.17 bits per heavy atom. The maximum Gasteiger partial charge on any atom is 0.341 e. The van der Waals surface area contributed by atoms with Crippen LogP contribution in [0.15, 0.2) is 22.0 Å². The highest BCUT2D eigenvalue weighted by Gasteiger charge is 2.28. The molecular formula is C17H22ClFN3O6PS. The van der Waals surface area contributed by atoms with Crippen LogP contribution in [0.5, 0.6) is 0 Å². The van der Waals surface area contributed by atoms with Gasteiger partial charge >= 0.3 is 14.6 Å². The SMILES string of the molecule is CN1CCN(c2c(F)cc3c(=O)c(C(=O)O)cn4c3c2SCC4)CC1.Cl.OP(O)O. The summed E-state index contributed by atoms with van der Waals surface area (Å²) in [6.07, 6.45) is 1.39. The molecule has 4 N–H and O–H groups in total. The maximum atomic E-state index is 15.0. The number of carbonyl (C=O) groups is 1. The van der Waals surface area contributed by atoms with E-state index >= 15 is 0 Å². The van der Waals surface area contributed by atoms with Gasteiger partial charge in [0.25, 0.3) is 0 Å². The molecule has 2 aliphatic rings. The first-order chi connectivity index (χ1) is 13.7. The first-order valence-electron chi connectivity index (χ1n) is 8.76. The molecule has 0 unspecified atom stereocenters. The fraction of sp³-hybridized carbons (Fsp3) is 0.412. The molecule has 1 saturated heterocycles. The molecule has 3 heterocycles. The molecular weight excluding hydrogens is 460 g/mol. The Bertz CT molecular complexity index is 997. The number of piperazine rings is 1. The monoisotopic (exact) mass is 481 g/mol. The van der Waals surface area contributed by atoms with E-state index in [2.05, 4.69) is 4.90 Å². The summed E-state index contributed by atoms with van der Waals surface area (Å²) in [5, 5.41) is 9.41. The number of hydrogen-bond donors (Lipinski definition) is 4. The van der Waals surface area contributed by atoms with Crippen molar-refractivity contribution in [1.82, 2.24) is 9.47 Å². The topological polar surface area (TPSA) is 126 Å². The van der Waals surface area contributed by atoms with Gasteiger partial charge < -0.3 is 34.2 Å². The van der Waals surface area contributed by atoms with Gasteiger partial charge in [-0.25, -0.2) is 9.18 Å². The van der Waals surface area contributed by atoms with Gasteiger partial charge in [0.1, 0.15) is 11.4 Å². The van der Waals surface area contributed by atoms with Crippen molar-refractivity contribution in [2.45, 2.75) is 11.4 Å². The summed E-state index contributed by atoms with van der Waals surface area (Å²) in [5.41, 5.74) is 0.270. The average molecular weight is 482 g/mol. The van der Waals surface area contributed by atoms with Gasteiger partial charge in [0, 0.05) is 44.7 Å². The van der Waals surface area contributed by atoms with Crippen molar-refractivity contribution in [1.29, 1.82) is 0 Å². The quantitative estimate of drug-likeness (QED) is 0.469. The number of thioether (sulfide) groups is 1. The Labute approximate surface area is 183 Å². The maximum absolute atomic E-state index is 15.0. The number of aryl methyl sites for hydroxylation is 1. The van der Waals surface area contributed by atoms with Crippen LogP contribution in [0, 0.1) is 5.82 Å². The number of hydrogen-bond acceptors (Lipinski definition) is 8. The van der Waals surface area contributed by atoms with E-state index in [1.54, 1.807) is 4.57 Å². The van der Waals surface area contributed by atoms with Gasteiger partial charge in [0.05, 0.1) is 21.5 Å². The van der Waals surface area contributed by atoms with E-state index < -0.39 is 25.8 Å². The van der Waals surface area contributed by atoms with E-state index in [0.717, 1.165) is 31.1 Å². The van der Waals surface area contributed by atoms with Gasteiger partial charge in [-0.2, -0.15) is 0 Å². The minimum atomic E-state index is -2.62. The summed E-state index contributed by atoms with van der Waals surface area (Å²) in [7, 11) is -0.581. The summed E-state index contributed by atoms with van der Waals surface area (Å²) < 4.78 is 16.7. The van der Waals surface area contributed by atoms with Crippen molar-refractivity contribution in [3.63, 3.8) is 0 Å². The lowest BCUT2D eigenvalue weighted by atomic mass is 10.1. The number of rotatable bonds is 2. The van der Waals surface area contributed by atoms with Gasteiger partial charge in [0.15, 0.2) is 0 Å². The summed E-state index contributed by atoms with van der Waals surface area (Å²) in [6, 6.07) is 1.21. The number of carboxylic acids is 1. The number of likely N-dealkylation sites (N-methyl/N-ethyl adjacent to an activating group) is 1. The third kappa shape index (κ3) is 5.05. The Hall–Kier alpha value is -1.46. The van der Waals surface area contributed by atoms with Crippen LogP contribution in [0.25, 0.3) is 10.9 Å². The van der Waals surface area contributed by atoms with Crippen LogP contribution in [-0.4, -0.2) is 74.2 Å². The lowest BCUT2D eigenvalue weighted by Gasteiger charge is -2.36. The first-order valence-corrected chi connectivity index (χ1v) is 10.9. The van der Waals surface area contributed by atoms with Crippen molar-refractivity contribution in [3.05, 3.63) is 33.9 Å². The molecule has 2 aromatic rings. The molecule has 0 radical (unpaired) electrons. The number of aromatic carboxylic acids is 1. The third-order valence-corrected chi connectivity index (χ3v) is 5.93. The van der Waals surface area contributed by atoms with Crippen LogP contribution >= 0.6 is 32.8 Å². The van der Waals surface area contributed by atoms with Gasteiger partial charge in [-0.3, -0.25) is 4.79 Å². The van der Waals surface area contributed by atoms with E-state index in [1.165, 1.54) is 24.0 Å². The van der Waals surface area contributed by atoms with Crippen LogP contribution in [0.2, 0.25) is 0 Å². The van der Waals surface area contributed by atoms with Crippen molar-refractivity contribution in [3.8, 4) is 0 Å². The molecule has 0 saturated carbocycles. The second-order valence-electron chi connectivity index (χ2n) is 6.71. The summed E-state index contributed by atoms with van der Waals surface area (Å²) in [6.45, 7) is 3.76. The van der Waals surface area contributed by atoms with Crippen molar-refractivity contribution < 1.29 is 29.0 Å². The smallest absolute Gasteiger partial charge is 0.341 e. The fourth-order valence-corrected chi connectivity index (χ4v) is 4.74. The van der Waals surface area contributed by atoms with E-state index in [-0.39, 0.29) is 23.4 Å². The van der Waals surface area contributed by atoms with E-state index in [1.807, 2.05) is 11.9 Å². The number of pyridine rings is 1. The molecule has 1 aromatic carbocycles. The second kappa shape index (κ2) is 10.2. The molecule has 0 amide bonds. The summed E-state index contributed by atoms with van der Waals surface area (Å²) in [4.78, 5) is 50.5. The molecule has 0 spiro atoms. The Kier molecular flexibility index (Phi) is 8.46. The van der Waals surface area contributed by atoms with Crippen LogP contribution in [0.4, 0.5) is 10.1 Å². The largest absolute Gasteiger partial charge is 0.477 e. The van der Waals surface area contributed by atoms with Crippen molar-refractivity contribution in [2.75, 3.05) is 43.9 Å². The van der Waals surface area contributed by atoms with Crippen LogP contribution in [0.3, 0.4) is 0 Å². The molecule has 0 atom stereocenters. The molecule has 9 nitrogen and oxygen atoms in total. The zero-order valence-corrected chi connectivity index (χ0v) is 18.5. The zero-order valence-electron chi connectivity index (χ0n) is 16.0. The standard InChI is InChI=1S/C17H18FN3O3S.ClH.H3O3P/c1-19-2-4-20(5-3-19)14-12(18)8-10-13-16(14)25-7-6-21(13)9-11(15(10)22)17(23)24;;1-4(2)3/h8-9H,2-7H2,1H3,(H,23,24);1H;1-3H. The second-order valence-corrected chi connectivity index (χ2v) is 8.35. The first kappa shape index (κ1) is 24.8. The van der Waals surface area contributed by atoms with Crippen LogP contribution < -0.4 is 10.3 Å². The van der Waals surface area contributed by atoms with E-state index in [0.29, 0.717) is 23.5 Å². The number of carboxylic acid groups (broad SMARTS) is 1. The van der Waals surface area contributed by atoms with Crippen molar-refractivity contribution in [2.24, 2.45) is 0 Å². The predicted octanol–water partition coefficient (Wildman–Crippen LogP) is 1.31. The molecule has 0 bridgehead atoms. The highest BCUT2D eigenvalue weighted by molar-refractivity contribution is 7.99. The minimum Gasteiger partial charge on any atom is -0.477 e. The number of benzene rings is 1. The molecule has 2 aliphatic heterocycles. The number of anilines is 1. The molecule has 30 heavy (non-hydrogen) atoms. The number of nitrogens with zero attached hydrogens (tertiary/aromatic N) is 3. The highest BCUT2D eigenvalue weighted by Crippen LogP contribution is 2.41. The number of halogens is 2. The zero-order chi connectivity index (χ0) is 21.3. The Morgan fingerprint density at radius 3 is 2.33 bits per heavy atom. The highest BCUT2D eigenvalue weighted by atomic mass is 35.5. The van der Waals surface area contributed by atoms with Crippen LogP contribution in [-0.2, 0) is 6.54 Å². The summed E-state index contributed by atoms with van der Waals surface area (Å²) in [5.74, 6) is -1.01. The fourth-order valence-electron chi connectivity index (χ4n) is 3.52. The number of aromatic nitrogens is 1.